The first-order valence-corrected chi connectivity index (χ1v) is 25.6. The lowest BCUT2D eigenvalue weighted by molar-refractivity contribution is -0.161. The number of aliphatic hydroxyl groups excluding tert-OH is 2. The SMILES string of the molecule is CCCCC/C=C\C/C=C\C/C=C\C/C=C\C/C=C\CCC(=O)OC[C@H](COP(=O)(O)OC[C@@H](O)COP(=O)(O)O)OC(=O)CCC/C=C\C/C=C\C/C=C\C/C=C\CCC[C@H](C)O. The summed E-state index contributed by atoms with van der Waals surface area (Å²) < 4.78 is 47.6. The average molecular weight is 941 g/mol. The summed E-state index contributed by atoms with van der Waals surface area (Å²) >= 11 is 0. The van der Waals surface area contributed by atoms with Crippen LogP contribution in [0, 0.1) is 0 Å². The molecule has 0 amide bonds. The Labute approximate surface area is 383 Å². The van der Waals surface area contributed by atoms with Gasteiger partial charge in [0.25, 0.3) is 0 Å². The highest BCUT2D eigenvalue weighted by Crippen LogP contribution is 2.43. The number of allylic oxidation sites excluding steroid dienone is 18. The molecule has 0 aliphatic rings. The van der Waals surface area contributed by atoms with Crippen LogP contribution in [0.2, 0.25) is 0 Å². The number of ether oxygens (including phenoxy) is 2. The highest BCUT2D eigenvalue weighted by molar-refractivity contribution is 7.47. The molecule has 0 aliphatic heterocycles. The van der Waals surface area contributed by atoms with Gasteiger partial charge in [-0.1, -0.05) is 129 Å². The highest BCUT2D eigenvalue weighted by atomic mass is 31.2. The third kappa shape index (κ3) is 46.7. The molecule has 0 rings (SSSR count). The molecule has 0 aromatic rings. The number of hydrogen-bond acceptors (Lipinski definition) is 11. The van der Waals surface area contributed by atoms with Crippen LogP contribution in [0.25, 0.3) is 0 Å². The van der Waals surface area contributed by atoms with Crippen LogP contribution < -0.4 is 0 Å². The molecule has 0 bridgehead atoms. The lowest BCUT2D eigenvalue weighted by Crippen LogP contribution is -2.29. The van der Waals surface area contributed by atoms with E-state index in [1.54, 1.807) is 6.92 Å². The second kappa shape index (κ2) is 42.4. The fraction of sp³-hybridized carbons (Fsp3) is 0.583. The van der Waals surface area contributed by atoms with Gasteiger partial charge in [0.2, 0.25) is 0 Å². The van der Waals surface area contributed by atoms with Crippen LogP contribution in [-0.4, -0.2) is 81.6 Å². The molecule has 0 spiro atoms. The Morgan fingerprint density at radius 1 is 0.500 bits per heavy atom. The topological polar surface area (TPSA) is 216 Å². The number of hydrogen-bond donors (Lipinski definition) is 5. The fourth-order valence-corrected chi connectivity index (χ4v) is 6.38. The van der Waals surface area contributed by atoms with Crippen LogP contribution in [0.4, 0.5) is 0 Å². The summed E-state index contributed by atoms with van der Waals surface area (Å²) in [5.41, 5.74) is 0. The fourth-order valence-electron chi connectivity index (χ4n) is 5.22. The Kier molecular flexibility index (Phi) is 40.2. The van der Waals surface area contributed by atoms with Crippen molar-refractivity contribution in [2.75, 3.05) is 26.4 Å². The molecule has 0 aromatic carbocycles. The molecule has 0 fully saturated rings. The molecule has 16 heteroatoms. The normalized spacial score (nSPS) is 15.4. The van der Waals surface area contributed by atoms with Gasteiger partial charge in [0.15, 0.2) is 6.10 Å². The molecule has 4 atom stereocenters. The molecule has 64 heavy (non-hydrogen) atoms. The maximum atomic E-state index is 12.7. The van der Waals surface area contributed by atoms with Gasteiger partial charge in [-0.15, -0.1) is 0 Å². The van der Waals surface area contributed by atoms with Gasteiger partial charge in [0, 0.05) is 12.8 Å². The van der Waals surface area contributed by atoms with Gasteiger partial charge < -0.3 is 34.4 Å². The Balaban J connectivity index is 4.73. The van der Waals surface area contributed by atoms with Gasteiger partial charge in [-0.05, 0) is 103 Å². The minimum absolute atomic E-state index is 0.0215. The van der Waals surface area contributed by atoms with Gasteiger partial charge >= 0.3 is 27.6 Å². The summed E-state index contributed by atoms with van der Waals surface area (Å²) in [6.45, 7) is 1.11. The van der Waals surface area contributed by atoms with Crippen molar-refractivity contribution in [2.24, 2.45) is 0 Å². The molecule has 5 N–H and O–H groups in total. The van der Waals surface area contributed by atoms with Gasteiger partial charge in [-0.2, -0.15) is 0 Å². The van der Waals surface area contributed by atoms with Crippen LogP contribution in [-0.2, 0) is 41.8 Å². The number of rotatable bonds is 41. The maximum Gasteiger partial charge on any atom is 0.472 e. The van der Waals surface area contributed by atoms with Crippen LogP contribution in [0.1, 0.15) is 136 Å². The van der Waals surface area contributed by atoms with E-state index in [0.29, 0.717) is 25.7 Å². The minimum Gasteiger partial charge on any atom is -0.462 e. The van der Waals surface area contributed by atoms with E-state index in [-0.39, 0.29) is 18.9 Å². The standard InChI is InChI=1S/C48H78O14P2/c1-3-4-5-6-7-8-9-10-11-12-13-14-17-20-23-26-29-32-35-38-47(51)58-42-46(43-61-64(56,57)60-41-45(50)40-59-63(53,54)55)62-48(52)39-36-33-30-27-24-21-18-15-16-19-22-25-28-31-34-37-44(2)49/h7-8,10-11,13-14,16,18-21,23,25,27-30,32,44-46,49-50H,3-6,9,12,15,17,22,24,26,31,33-43H2,1-2H3,(H,56,57)(H2,53,54,55)/b8-7-,11-10-,14-13-,19-16-,21-18-,23-20-,28-25-,30-27-,32-29-/t44-,45-,46+/m0/s1. The number of carbonyl (C=O) groups excluding carboxylic acids is 2. The second-order valence-electron chi connectivity index (χ2n) is 14.9. The number of esters is 2. The van der Waals surface area contributed by atoms with E-state index < -0.39 is 66.2 Å². The van der Waals surface area contributed by atoms with Crippen molar-refractivity contribution in [3.8, 4) is 0 Å². The number of aliphatic hydroxyl groups is 2. The highest BCUT2D eigenvalue weighted by Gasteiger charge is 2.28. The van der Waals surface area contributed by atoms with Crippen molar-refractivity contribution in [1.82, 2.24) is 0 Å². The van der Waals surface area contributed by atoms with E-state index in [9.17, 15) is 33.8 Å². The van der Waals surface area contributed by atoms with E-state index >= 15 is 0 Å². The Hall–Kier alpha value is -3.26. The van der Waals surface area contributed by atoms with Crippen molar-refractivity contribution in [3.05, 3.63) is 109 Å². The van der Waals surface area contributed by atoms with Gasteiger partial charge in [0.1, 0.15) is 12.7 Å². The zero-order valence-electron chi connectivity index (χ0n) is 38.2. The lowest BCUT2D eigenvalue weighted by atomic mass is 10.1. The summed E-state index contributed by atoms with van der Waals surface area (Å²) in [5, 5.41) is 19.0. The maximum absolute atomic E-state index is 12.7. The van der Waals surface area contributed by atoms with Crippen LogP contribution in [0.3, 0.4) is 0 Å². The number of phosphoric acid groups is 2. The summed E-state index contributed by atoms with van der Waals surface area (Å²) in [6.07, 6.45) is 49.4. The van der Waals surface area contributed by atoms with E-state index in [2.05, 4.69) is 95.0 Å². The first-order valence-electron chi connectivity index (χ1n) is 22.6. The molecule has 0 heterocycles. The van der Waals surface area contributed by atoms with E-state index in [0.717, 1.165) is 64.2 Å². The van der Waals surface area contributed by atoms with Crippen LogP contribution in [0.15, 0.2) is 109 Å². The Morgan fingerprint density at radius 3 is 1.39 bits per heavy atom. The minimum atomic E-state index is -4.89. The molecule has 14 nitrogen and oxygen atoms in total. The first-order chi connectivity index (χ1) is 30.7. The lowest BCUT2D eigenvalue weighted by Gasteiger charge is -2.20. The summed E-state index contributed by atoms with van der Waals surface area (Å²) in [6, 6.07) is 0. The zero-order valence-corrected chi connectivity index (χ0v) is 40.0. The number of phosphoric ester groups is 2. The predicted octanol–water partition coefficient (Wildman–Crippen LogP) is 10.9. The molecular formula is C48H78O14P2. The van der Waals surface area contributed by atoms with Crippen molar-refractivity contribution >= 4 is 27.6 Å². The second-order valence-corrected chi connectivity index (χ2v) is 17.6. The van der Waals surface area contributed by atoms with Gasteiger partial charge in [-0.3, -0.25) is 23.2 Å². The van der Waals surface area contributed by atoms with Crippen molar-refractivity contribution < 1.29 is 66.7 Å². The molecular weight excluding hydrogens is 862 g/mol. The first kappa shape index (κ1) is 60.7. The summed E-state index contributed by atoms with van der Waals surface area (Å²) in [7, 11) is -9.74. The zero-order chi connectivity index (χ0) is 47.4. The Bertz CT molecular complexity index is 1550. The van der Waals surface area contributed by atoms with E-state index in [1.807, 2.05) is 30.4 Å². The van der Waals surface area contributed by atoms with Gasteiger partial charge in [0.05, 0.1) is 25.9 Å². The quantitative estimate of drug-likeness (QED) is 0.0167. The Morgan fingerprint density at radius 2 is 0.922 bits per heavy atom. The average Bonchev–Trinajstić information content (AvgIpc) is 3.24. The van der Waals surface area contributed by atoms with E-state index in [1.165, 1.54) is 19.3 Å². The van der Waals surface area contributed by atoms with Crippen molar-refractivity contribution in [2.45, 2.75) is 154 Å². The third-order valence-electron chi connectivity index (χ3n) is 8.66. The van der Waals surface area contributed by atoms with Crippen molar-refractivity contribution in [1.29, 1.82) is 0 Å². The largest absolute Gasteiger partial charge is 0.472 e. The van der Waals surface area contributed by atoms with Crippen LogP contribution in [0.5, 0.6) is 0 Å². The molecule has 0 aromatic heterocycles. The molecule has 0 radical (unpaired) electrons. The molecule has 0 aliphatic carbocycles. The smallest absolute Gasteiger partial charge is 0.462 e. The van der Waals surface area contributed by atoms with Gasteiger partial charge in [-0.25, -0.2) is 9.13 Å². The van der Waals surface area contributed by atoms with Crippen LogP contribution >= 0.6 is 15.6 Å². The molecule has 0 saturated heterocycles. The third-order valence-corrected chi connectivity index (χ3v) is 10.1. The summed E-state index contributed by atoms with van der Waals surface area (Å²) in [4.78, 5) is 52.7. The van der Waals surface area contributed by atoms with Crippen molar-refractivity contribution in [3.63, 3.8) is 0 Å². The molecule has 0 saturated carbocycles. The number of carbonyl (C=O) groups is 2. The molecule has 1 unspecified atom stereocenters. The summed E-state index contributed by atoms with van der Waals surface area (Å²) in [5.74, 6) is -1.22. The molecule has 364 valence electrons. The monoisotopic (exact) mass is 940 g/mol. The number of unbranched alkanes of at least 4 members (excludes halogenated alkanes) is 5. The predicted molar refractivity (Wildman–Crippen MR) is 254 cm³/mol. The van der Waals surface area contributed by atoms with E-state index in [4.69, 9.17) is 23.8 Å².